The van der Waals surface area contributed by atoms with E-state index in [9.17, 15) is 0 Å². The van der Waals surface area contributed by atoms with Crippen LogP contribution < -0.4 is 5.32 Å². The predicted molar refractivity (Wildman–Crippen MR) is 75.6 cm³/mol. The third kappa shape index (κ3) is 3.73. The Bertz CT molecular complexity index is 331. The van der Waals surface area contributed by atoms with Crippen LogP contribution in [0.4, 0.5) is 0 Å². The van der Waals surface area contributed by atoms with Crippen LogP contribution in [0, 0.1) is 0 Å². The Morgan fingerprint density at radius 3 is 2.71 bits per heavy atom. The highest BCUT2D eigenvalue weighted by atomic mass is 32.2. The molecule has 3 heteroatoms. The molecule has 1 unspecified atom stereocenters. The number of hydrogen-bond donors (Lipinski definition) is 1. The maximum absolute atomic E-state index is 3.47. The van der Waals surface area contributed by atoms with Gasteiger partial charge in [0.2, 0.25) is 0 Å². The van der Waals surface area contributed by atoms with Gasteiger partial charge in [0.1, 0.15) is 0 Å². The summed E-state index contributed by atoms with van der Waals surface area (Å²) in [6.07, 6.45) is 4.75. The van der Waals surface area contributed by atoms with Crippen molar-refractivity contribution in [2.24, 2.45) is 0 Å². The van der Waals surface area contributed by atoms with Gasteiger partial charge in [-0.05, 0) is 50.4 Å². The molecular formula is C14H22N2S. The van der Waals surface area contributed by atoms with Crippen molar-refractivity contribution in [2.45, 2.75) is 30.3 Å². The van der Waals surface area contributed by atoms with Crippen molar-refractivity contribution in [3.63, 3.8) is 0 Å². The first kappa shape index (κ1) is 12.9. The van der Waals surface area contributed by atoms with E-state index in [0.29, 0.717) is 6.04 Å². The number of likely N-dealkylation sites (N-methyl/N-ethyl adjacent to an activating group) is 1. The van der Waals surface area contributed by atoms with Gasteiger partial charge in [0.05, 0.1) is 0 Å². The van der Waals surface area contributed by atoms with Gasteiger partial charge < -0.3 is 5.32 Å². The second-order valence-corrected chi connectivity index (χ2v) is 5.64. The molecule has 1 aromatic rings. The van der Waals surface area contributed by atoms with Crippen LogP contribution in [0.25, 0.3) is 0 Å². The van der Waals surface area contributed by atoms with Crippen LogP contribution in [0.15, 0.2) is 29.2 Å². The summed E-state index contributed by atoms with van der Waals surface area (Å²) in [4.78, 5) is 3.82. The van der Waals surface area contributed by atoms with E-state index in [1.165, 1.54) is 29.8 Å². The summed E-state index contributed by atoms with van der Waals surface area (Å²) < 4.78 is 0. The normalized spacial score (nSPS) is 20.8. The topological polar surface area (TPSA) is 15.3 Å². The molecule has 0 bridgehead atoms. The summed E-state index contributed by atoms with van der Waals surface area (Å²) in [5.41, 5.74) is 1.41. The molecule has 17 heavy (non-hydrogen) atoms. The van der Waals surface area contributed by atoms with Gasteiger partial charge in [0.25, 0.3) is 0 Å². The lowest BCUT2D eigenvalue weighted by atomic mass is 10.1. The van der Waals surface area contributed by atoms with Crippen molar-refractivity contribution in [3.05, 3.63) is 29.8 Å². The highest BCUT2D eigenvalue weighted by Gasteiger charge is 2.17. The number of thioether (sulfide) groups is 1. The number of nitrogens with one attached hydrogen (secondary N) is 1. The summed E-state index contributed by atoms with van der Waals surface area (Å²) in [5, 5.41) is 3.47. The molecule has 0 amide bonds. The zero-order chi connectivity index (χ0) is 12.1. The molecule has 0 saturated carbocycles. The van der Waals surface area contributed by atoms with Gasteiger partial charge in [-0.3, -0.25) is 4.90 Å². The molecule has 1 saturated heterocycles. The lowest BCUT2D eigenvalue weighted by Gasteiger charge is -2.31. The zero-order valence-electron chi connectivity index (χ0n) is 10.8. The van der Waals surface area contributed by atoms with E-state index < -0.39 is 0 Å². The minimum absolute atomic E-state index is 0.698. The molecule has 0 aliphatic carbocycles. The molecule has 1 aliphatic heterocycles. The molecule has 1 aliphatic rings. The van der Waals surface area contributed by atoms with Gasteiger partial charge in [0, 0.05) is 24.0 Å². The maximum Gasteiger partial charge on any atom is 0.0234 e. The van der Waals surface area contributed by atoms with Crippen molar-refractivity contribution >= 4 is 11.8 Å². The number of hydrogen-bond acceptors (Lipinski definition) is 3. The van der Waals surface area contributed by atoms with E-state index in [4.69, 9.17) is 0 Å². The molecule has 0 aromatic heterocycles. The van der Waals surface area contributed by atoms with Crippen LogP contribution in [-0.4, -0.2) is 37.3 Å². The van der Waals surface area contributed by atoms with Gasteiger partial charge in [-0.1, -0.05) is 12.1 Å². The van der Waals surface area contributed by atoms with Gasteiger partial charge in [-0.25, -0.2) is 0 Å². The molecule has 1 N–H and O–H groups in total. The molecule has 94 valence electrons. The summed E-state index contributed by atoms with van der Waals surface area (Å²) in [6, 6.07) is 9.63. The third-order valence-electron chi connectivity index (χ3n) is 3.49. The van der Waals surface area contributed by atoms with Gasteiger partial charge in [-0.15, -0.1) is 11.8 Å². The molecule has 1 fully saturated rings. The van der Waals surface area contributed by atoms with Crippen LogP contribution >= 0.6 is 11.8 Å². The number of nitrogens with zero attached hydrogens (tertiary/aromatic N) is 1. The van der Waals surface area contributed by atoms with Crippen LogP contribution in [0.3, 0.4) is 0 Å². The summed E-state index contributed by atoms with van der Waals surface area (Å²) in [7, 11) is 2.24. The van der Waals surface area contributed by atoms with Crippen molar-refractivity contribution in [3.8, 4) is 0 Å². The van der Waals surface area contributed by atoms with E-state index >= 15 is 0 Å². The standard InChI is InChI=1S/C14H22N2S/c1-16(13-4-3-9-15-10-13)11-12-5-7-14(17-2)8-6-12/h5-8,13,15H,3-4,9-11H2,1-2H3. The highest BCUT2D eigenvalue weighted by Crippen LogP contribution is 2.17. The zero-order valence-corrected chi connectivity index (χ0v) is 11.6. The van der Waals surface area contributed by atoms with Crippen molar-refractivity contribution in [2.75, 3.05) is 26.4 Å². The second-order valence-electron chi connectivity index (χ2n) is 4.76. The Morgan fingerprint density at radius 1 is 1.35 bits per heavy atom. The average molecular weight is 250 g/mol. The number of benzene rings is 1. The van der Waals surface area contributed by atoms with Crippen molar-refractivity contribution in [1.82, 2.24) is 10.2 Å². The van der Waals surface area contributed by atoms with Crippen molar-refractivity contribution < 1.29 is 0 Å². The van der Waals surface area contributed by atoms with Crippen LogP contribution in [0.5, 0.6) is 0 Å². The first-order valence-corrected chi connectivity index (χ1v) is 7.56. The molecule has 2 nitrogen and oxygen atoms in total. The summed E-state index contributed by atoms with van der Waals surface area (Å²) in [6.45, 7) is 3.38. The minimum atomic E-state index is 0.698. The SMILES string of the molecule is CSc1ccc(CN(C)C2CCCNC2)cc1. The molecular weight excluding hydrogens is 228 g/mol. The molecule has 0 radical (unpaired) electrons. The number of rotatable bonds is 4. The predicted octanol–water partition coefficient (Wildman–Crippen LogP) is 2.59. The van der Waals surface area contributed by atoms with Gasteiger partial charge in [-0.2, -0.15) is 0 Å². The Labute approximate surface area is 109 Å². The summed E-state index contributed by atoms with van der Waals surface area (Å²) in [5.74, 6) is 0. The minimum Gasteiger partial charge on any atom is -0.315 e. The molecule has 0 spiro atoms. The van der Waals surface area contributed by atoms with E-state index in [2.05, 4.69) is 47.8 Å². The second kappa shape index (κ2) is 6.43. The largest absolute Gasteiger partial charge is 0.315 e. The van der Waals surface area contributed by atoms with Gasteiger partial charge >= 0.3 is 0 Å². The average Bonchev–Trinajstić information content (AvgIpc) is 2.40. The first-order chi connectivity index (χ1) is 8.29. The smallest absolute Gasteiger partial charge is 0.0234 e. The molecule has 2 rings (SSSR count). The van der Waals surface area contributed by atoms with E-state index in [1.54, 1.807) is 11.8 Å². The Hall–Kier alpha value is -0.510. The Balaban J connectivity index is 1.89. The van der Waals surface area contributed by atoms with Crippen molar-refractivity contribution in [1.29, 1.82) is 0 Å². The fraction of sp³-hybridized carbons (Fsp3) is 0.571. The first-order valence-electron chi connectivity index (χ1n) is 6.33. The summed E-state index contributed by atoms with van der Waals surface area (Å²) >= 11 is 1.80. The third-order valence-corrected chi connectivity index (χ3v) is 4.23. The lowest BCUT2D eigenvalue weighted by Crippen LogP contribution is -2.43. The van der Waals surface area contributed by atoms with Crippen LogP contribution in [0.2, 0.25) is 0 Å². The van der Waals surface area contributed by atoms with E-state index in [-0.39, 0.29) is 0 Å². The fourth-order valence-electron chi connectivity index (χ4n) is 2.36. The molecule has 1 aromatic carbocycles. The van der Waals surface area contributed by atoms with Crippen LogP contribution in [-0.2, 0) is 6.54 Å². The van der Waals surface area contributed by atoms with Gasteiger partial charge in [0.15, 0.2) is 0 Å². The lowest BCUT2D eigenvalue weighted by molar-refractivity contribution is 0.196. The van der Waals surface area contributed by atoms with E-state index in [1.807, 2.05) is 0 Å². The fourth-order valence-corrected chi connectivity index (χ4v) is 2.77. The maximum atomic E-state index is 3.47. The highest BCUT2D eigenvalue weighted by molar-refractivity contribution is 7.98. The molecule has 1 atom stereocenters. The quantitative estimate of drug-likeness (QED) is 0.827. The van der Waals surface area contributed by atoms with Crippen LogP contribution in [0.1, 0.15) is 18.4 Å². The number of piperidine rings is 1. The monoisotopic (exact) mass is 250 g/mol. The molecule has 1 heterocycles. The Morgan fingerprint density at radius 2 is 2.12 bits per heavy atom. The Kier molecular flexibility index (Phi) is 4.89. The van der Waals surface area contributed by atoms with E-state index in [0.717, 1.165) is 13.1 Å².